The van der Waals surface area contributed by atoms with Gasteiger partial charge in [-0.2, -0.15) is 0 Å². The molecule has 2 rings (SSSR count). The van der Waals surface area contributed by atoms with E-state index in [-0.39, 0.29) is 11.1 Å². The van der Waals surface area contributed by atoms with Gasteiger partial charge in [0.25, 0.3) is 0 Å². The summed E-state index contributed by atoms with van der Waals surface area (Å²) in [5, 5.41) is -0.0203. The zero-order valence-corrected chi connectivity index (χ0v) is 10.0. The van der Waals surface area contributed by atoms with Crippen molar-refractivity contribution in [1.29, 1.82) is 0 Å². The highest BCUT2D eigenvalue weighted by Crippen LogP contribution is 2.34. The van der Waals surface area contributed by atoms with E-state index in [1.807, 2.05) is 24.3 Å². The Balaban J connectivity index is 2.19. The van der Waals surface area contributed by atoms with Crippen LogP contribution in [-0.4, -0.2) is 11.5 Å². The van der Waals surface area contributed by atoms with Gasteiger partial charge in [-0.1, -0.05) is 18.2 Å². The number of thioether (sulfide) groups is 1. The van der Waals surface area contributed by atoms with Crippen molar-refractivity contribution in [3.05, 3.63) is 60.2 Å². The Morgan fingerprint density at radius 3 is 2.59 bits per heavy atom. The Morgan fingerprint density at radius 1 is 1.18 bits per heavy atom. The van der Waals surface area contributed by atoms with E-state index in [0.717, 1.165) is 5.69 Å². The van der Waals surface area contributed by atoms with Crippen LogP contribution in [0.5, 0.6) is 0 Å². The number of hydrogen-bond donors (Lipinski definition) is 1. The molecule has 1 atom stereocenters. The van der Waals surface area contributed by atoms with Gasteiger partial charge < -0.3 is 5.73 Å². The second-order valence-corrected chi connectivity index (χ2v) is 4.77. The highest BCUT2D eigenvalue weighted by molar-refractivity contribution is 7.99. The van der Waals surface area contributed by atoms with E-state index in [0.29, 0.717) is 11.4 Å². The first-order valence-corrected chi connectivity index (χ1v) is 6.21. The third-order valence-electron chi connectivity index (χ3n) is 2.34. The molecule has 88 valence electrons. The lowest BCUT2D eigenvalue weighted by atomic mass is 10.3. The largest absolute Gasteiger partial charge is 0.329 e. The Kier molecular flexibility index (Phi) is 4.12. The fraction of sp³-hybridized carbons (Fsp3) is 0.154. The van der Waals surface area contributed by atoms with E-state index >= 15 is 0 Å². The zero-order chi connectivity index (χ0) is 12.1. The molecule has 0 aliphatic carbocycles. The fourth-order valence-electron chi connectivity index (χ4n) is 1.49. The van der Waals surface area contributed by atoms with Crippen LogP contribution in [0.25, 0.3) is 0 Å². The standard InChI is InChI=1S/C13H13FN2S/c14-10-5-1-2-7-12(10)17-13(9-15)11-6-3-4-8-16-11/h1-8,13H,9,15H2. The SMILES string of the molecule is NCC(Sc1ccccc1F)c1ccccn1. The van der Waals surface area contributed by atoms with Gasteiger partial charge in [-0.3, -0.25) is 4.98 Å². The van der Waals surface area contributed by atoms with Gasteiger partial charge in [-0.15, -0.1) is 11.8 Å². The summed E-state index contributed by atoms with van der Waals surface area (Å²) in [5.74, 6) is -0.216. The van der Waals surface area contributed by atoms with Crippen LogP contribution in [0.2, 0.25) is 0 Å². The summed E-state index contributed by atoms with van der Waals surface area (Å²) >= 11 is 1.41. The second-order valence-electron chi connectivity index (χ2n) is 3.53. The van der Waals surface area contributed by atoms with Gasteiger partial charge in [0.2, 0.25) is 0 Å². The first-order valence-electron chi connectivity index (χ1n) is 5.33. The average molecular weight is 248 g/mol. The number of aromatic nitrogens is 1. The van der Waals surface area contributed by atoms with Crippen LogP contribution in [0.1, 0.15) is 10.9 Å². The Labute approximate surface area is 104 Å². The summed E-state index contributed by atoms with van der Waals surface area (Å²) in [5.41, 5.74) is 6.60. The van der Waals surface area contributed by atoms with Crippen molar-refractivity contribution in [3.8, 4) is 0 Å². The fourth-order valence-corrected chi connectivity index (χ4v) is 2.49. The third-order valence-corrected chi connectivity index (χ3v) is 3.64. The van der Waals surface area contributed by atoms with Crippen molar-refractivity contribution < 1.29 is 4.39 Å². The lowest BCUT2D eigenvalue weighted by Gasteiger charge is -2.13. The number of halogens is 1. The van der Waals surface area contributed by atoms with Crippen molar-refractivity contribution in [2.24, 2.45) is 5.73 Å². The van der Waals surface area contributed by atoms with Gasteiger partial charge in [0, 0.05) is 17.6 Å². The van der Waals surface area contributed by atoms with Crippen LogP contribution in [0.4, 0.5) is 4.39 Å². The smallest absolute Gasteiger partial charge is 0.136 e. The first-order chi connectivity index (χ1) is 8.31. The molecule has 0 fully saturated rings. The molecule has 2 aromatic rings. The van der Waals surface area contributed by atoms with E-state index in [9.17, 15) is 4.39 Å². The number of rotatable bonds is 4. The first kappa shape index (κ1) is 12.1. The topological polar surface area (TPSA) is 38.9 Å². The average Bonchev–Trinajstić information content (AvgIpc) is 2.39. The molecular formula is C13H13FN2S. The highest BCUT2D eigenvalue weighted by atomic mass is 32.2. The summed E-state index contributed by atoms with van der Waals surface area (Å²) in [6, 6.07) is 12.4. The summed E-state index contributed by atoms with van der Waals surface area (Å²) in [6.07, 6.45) is 1.72. The van der Waals surface area contributed by atoms with Gasteiger partial charge in [-0.25, -0.2) is 4.39 Å². The maximum Gasteiger partial charge on any atom is 0.136 e. The summed E-state index contributed by atoms with van der Waals surface area (Å²) in [6.45, 7) is 0.427. The van der Waals surface area contributed by atoms with Crippen LogP contribution < -0.4 is 5.73 Å². The molecule has 0 bridgehead atoms. The quantitative estimate of drug-likeness (QED) is 0.845. The minimum Gasteiger partial charge on any atom is -0.329 e. The van der Waals surface area contributed by atoms with Gasteiger partial charge in [0.15, 0.2) is 0 Å². The van der Waals surface area contributed by atoms with Crippen LogP contribution in [-0.2, 0) is 0 Å². The zero-order valence-electron chi connectivity index (χ0n) is 9.21. The summed E-state index contributed by atoms with van der Waals surface area (Å²) in [4.78, 5) is 4.86. The van der Waals surface area contributed by atoms with Crippen molar-refractivity contribution in [3.63, 3.8) is 0 Å². The molecule has 4 heteroatoms. The van der Waals surface area contributed by atoms with E-state index in [4.69, 9.17) is 5.73 Å². The van der Waals surface area contributed by atoms with E-state index < -0.39 is 0 Å². The molecule has 1 aromatic heterocycles. The number of hydrogen-bond acceptors (Lipinski definition) is 3. The maximum atomic E-state index is 13.5. The van der Waals surface area contributed by atoms with Crippen molar-refractivity contribution in [2.45, 2.75) is 10.1 Å². The molecule has 0 saturated carbocycles. The second kappa shape index (κ2) is 5.80. The van der Waals surface area contributed by atoms with Crippen LogP contribution in [0.15, 0.2) is 53.6 Å². The van der Waals surface area contributed by atoms with Crippen molar-refractivity contribution >= 4 is 11.8 Å². The Bertz CT molecular complexity index is 476. The molecule has 0 spiro atoms. The lowest BCUT2D eigenvalue weighted by molar-refractivity contribution is 0.601. The highest BCUT2D eigenvalue weighted by Gasteiger charge is 2.14. The van der Waals surface area contributed by atoms with Crippen molar-refractivity contribution in [2.75, 3.05) is 6.54 Å². The predicted octanol–water partition coefficient (Wildman–Crippen LogP) is 3.01. The molecule has 0 saturated heterocycles. The number of pyridine rings is 1. The number of nitrogens with two attached hydrogens (primary N) is 1. The molecule has 2 N–H and O–H groups in total. The molecule has 1 heterocycles. The minimum atomic E-state index is -0.216. The maximum absolute atomic E-state index is 13.5. The molecule has 17 heavy (non-hydrogen) atoms. The normalized spacial score (nSPS) is 12.4. The van der Waals surface area contributed by atoms with Gasteiger partial charge in [0.1, 0.15) is 5.82 Å². The van der Waals surface area contributed by atoms with Gasteiger partial charge in [-0.05, 0) is 24.3 Å². The molecule has 1 aromatic carbocycles. The molecule has 0 amide bonds. The Morgan fingerprint density at radius 2 is 1.94 bits per heavy atom. The monoisotopic (exact) mass is 248 g/mol. The van der Waals surface area contributed by atoms with Crippen LogP contribution in [0.3, 0.4) is 0 Å². The molecule has 0 aliphatic rings. The van der Waals surface area contributed by atoms with Gasteiger partial charge >= 0.3 is 0 Å². The number of benzene rings is 1. The lowest BCUT2D eigenvalue weighted by Crippen LogP contribution is -2.10. The molecule has 2 nitrogen and oxygen atoms in total. The van der Waals surface area contributed by atoms with Crippen molar-refractivity contribution in [1.82, 2.24) is 4.98 Å². The molecule has 0 aliphatic heterocycles. The third kappa shape index (κ3) is 3.05. The minimum absolute atomic E-state index is 0.0203. The van der Waals surface area contributed by atoms with Crippen LogP contribution >= 0.6 is 11.8 Å². The molecule has 0 radical (unpaired) electrons. The summed E-state index contributed by atoms with van der Waals surface area (Å²) in [7, 11) is 0. The number of nitrogens with zero attached hydrogens (tertiary/aromatic N) is 1. The van der Waals surface area contributed by atoms with E-state index in [1.54, 1.807) is 18.3 Å². The molecular weight excluding hydrogens is 235 g/mol. The predicted molar refractivity (Wildman–Crippen MR) is 68.3 cm³/mol. The van der Waals surface area contributed by atoms with Crippen LogP contribution in [0, 0.1) is 5.82 Å². The van der Waals surface area contributed by atoms with Gasteiger partial charge in [0.05, 0.1) is 10.9 Å². The summed E-state index contributed by atoms with van der Waals surface area (Å²) < 4.78 is 13.5. The molecule has 1 unspecified atom stereocenters. The van der Waals surface area contributed by atoms with E-state index in [2.05, 4.69) is 4.98 Å². The Hall–Kier alpha value is -1.39. The van der Waals surface area contributed by atoms with E-state index in [1.165, 1.54) is 17.8 Å².